The van der Waals surface area contributed by atoms with E-state index >= 15 is 0 Å². The van der Waals surface area contributed by atoms with E-state index in [0.29, 0.717) is 0 Å². The average Bonchev–Trinajstić information content (AvgIpc) is 2.58. The number of methoxy groups -OCH3 is 1. The molecule has 2 atom stereocenters. The lowest BCUT2D eigenvalue weighted by Crippen LogP contribution is -2.60. The molecule has 0 spiro atoms. The number of hydrogen-bond acceptors (Lipinski definition) is 4. The number of amides is 1. The van der Waals surface area contributed by atoms with E-state index in [1.807, 2.05) is 43.3 Å². The average molecular weight is 325 g/mol. The molecular formula is C19H19NO4. The summed E-state index contributed by atoms with van der Waals surface area (Å²) < 4.78 is 10.4. The molecule has 0 saturated carbocycles. The van der Waals surface area contributed by atoms with Gasteiger partial charge in [-0.15, -0.1) is 0 Å². The van der Waals surface area contributed by atoms with Crippen molar-refractivity contribution in [3.8, 4) is 5.75 Å². The minimum Gasteiger partial charge on any atom is -0.497 e. The van der Waals surface area contributed by atoms with Gasteiger partial charge in [-0.25, -0.2) is 0 Å². The molecule has 1 saturated heterocycles. The molecule has 0 bridgehead atoms. The van der Waals surface area contributed by atoms with Gasteiger partial charge in [0.1, 0.15) is 11.8 Å². The lowest BCUT2D eigenvalue weighted by atomic mass is 9.89. The number of benzene rings is 2. The largest absolute Gasteiger partial charge is 0.497 e. The molecule has 1 aliphatic heterocycles. The molecule has 0 unspecified atom stereocenters. The topological polar surface area (TPSA) is 55.8 Å². The van der Waals surface area contributed by atoms with Gasteiger partial charge in [0.15, 0.2) is 0 Å². The summed E-state index contributed by atoms with van der Waals surface area (Å²) in [5, 5.41) is 0. The Morgan fingerprint density at radius 3 is 2.21 bits per heavy atom. The van der Waals surface area contributed by atoms with Crippen LogP contribution in [0, 0.1) is 6.92 Å². The lowest BCUT2D eigenvalue weighted by Gasteiger charge is -2.46. The Morgan fingerprint density at radius 1 is 1.04 bits per heavy atom. The summed E-state index contributed by atoms with van der Waals surface area (Å²) in [6.45, 7) is 3.32. The predicted octanol–water partition coefficient (Wildman–Crippen LogP) is 3.02. The number of ether oxygens (including phenoxy) is 2. The first-order valence-corrected chi connectivity index (χ1v) is 7.72. The molecule has 0 aromatic heterocycles. The van der Waals surface area contributed by atoms with Gasteiger partial charge < -0.3 is 9.47 Å². The van der Waals surface area contributed by atoms with Crippen molar-refractivity contribution in [1.29, 1.82) is 0 Å². The third kappa shape index (κ3) is 2.85. The van der Waals surface area contributed by atoms with Crippen molar-refractivity contribution in [3.05, 3.63) is 59.7 Å². The number of esters is 1. The Balaban J connectivity index is 1.95. The van der Waals surface area contributed by atoms with Gasteiger partial charge in [0, 0.05) is 12.6 Å². The summed E-state index contributed by atoms with van der Waals surface area (Å²) in [6, 6.07) is 14.8. The number of rotatable bonds is 4. The molecule has 3 rings (SSSR count). The summed E-state index contributed by atoms with van der Waals surface area (Å²) in [6.07, 6.45) is -0.785. The Kier molecular flexibility index (Phi) is 4.25. The maximum Gasteiger partial charge on any atom is 0.303 e. The molecule has 1 amide bonds. The third-order valence-electron chi connectivity index (χ3n) is 4.11. The van der Waals surface area contributed by atoms with Gasteiger partial charge in [-0.05, 0) is 36.8 Å². The Labute approximate surface area is 140 Å². The van der Waals surface area contributed by atoms with Crippen LogP contribution in [0.4, 0.5) is 5.69 Å². The van der Waals surface area contributed by atoms with Crippen LogP contribution in [0.2, 0.25) is 0 Å². The third-order valence-corrected chi connectivity index (χ3v) is 4.11. The van der Waals surface area contributed by atoms with Crippen LogP contribution < -0.4 is 9.64 Å². The van der Waals surface area contributed by atoms with E-state index in [9.17, 15) is 9.59 Å². The molecule has 2 aromatic rings. The highest BCUT2D eigenvalue weighted by Gasteiger charge is 2.51. The molecule has 24 heavy (non-hydrogen) atoms. The van der Waals surface area contributed by atoms with Crippen LogP contribution in [0.25, 0.3) is 0 Å². The molecule has 0 N–H and O–H groups in total. The van der Waals surface area contributed by atoms with Gasteiger partial charge in [-0.1, -0.05) is 29.8 Å². The Morgan fingerprint density at radius 2 is 1.67 bits per heavy atom. The highest BCUT2D eigenvalue weighted by atomic mass is 16.6. The zero-order valence-corrected chi connectivity index (χ0v) is 13.9. The first kappa shape index (κ1) is 16.1. The fourth-order valence-electron chi connectivity index (χ4n) is 2.87. The number of anilines is 1. The number of aryl methyl sites for hydroxylation is 1. The zero-order chi connectivity index (χ0) is 17.3. The number of nitrogens with zero attached hydrogens (tertiary/aromatic N) is 1. The fourth-order valence-corrected chi connectivity index (χ4v) is 2.87. The van der Waals surface area contributed by atoms with Crippen LogP contribution in [0.5, 0.6) is 5.75 Å². The summed E-state index contributed by atoms with van der Waals surface area (Å²) >= 11 is 0. The molecule has 124 valence electrons. The van der Waals surface area contributed by atoms with E-state index in [0.717, 1.165) is 22.6 Å². The quantitative estimate of drug-likeness (QED) is 0.640. The molecule has 0 radical (unpaired) electrons. The molecular weight excluding hydrogens is 306 g/mol. The van der Waals surface area contributed by atoms with Crippen LogP contribution in [0.3, 0.4) is 0 Å². The fraction of sp³-hybridized carbons (Fsp3) is 0.263. The van der Waals surface area contributed by atoms with Crippen molar-refractivity contribution in [2.75, 3.05) is 12.0 Å². The number of carbonyl (C=O) groups excluding carboxylic acids is 2. The van der Waals surface area contributed by atoms with Crippen molar-refractivity contribution in [1.82, 2.24) is 0 Å². The summed E-state index contributed by atoms with van der Waals surface area (Å²) in [5.74, 6) is 0.0379. The second-order valence-corrected chi connectivity index (χ2v) is 5.79. The lowest BCUT2D eigenvalue weighted by molar-refractivity contribution is -0.160. The molecule has 5 heteroatoms. The SMILES string of the molecule is COc1ccc(N2C(=O)[C@@H](OC(C)=O)[C@H]2c2ccc(C)cc2)cc1. The van der Waals surface area contributed by atoms with Gasteiger partial charge in [-0.3, -0.25) is 14.5 Å². The van der Waals surface area contributed by atoms with Gasteiger partial charge in [0.2, 0.25) is 6.10 Å². The first-order chi connectivity index (χ1) is 11.5. The number of carbonyl (C=O) groups is 2. The van der Waals surface area contributed by atoms with Gasteiger partial charge in [0.05, 0.1) is 7.11 Å². The molecule has 1 fully saturated rings. The maximum atomic E-state index is 12.5. The molecule has 1 heterocycles. The number of hydrogen-bond donors (Lipinski definition) is 0. The predicted molar refractivity (Wildman–Crippen MR) is 90.0 cm³/mol. The smallest absolute Gasteiger partial charge is 0.303 e. The molecule has 2 aromatic carbocycles. The van der Waals surface area contributed by atoms with E-state index < -0.39 is 12.1 Å². The van der Waals surface area contributed by atoms with Crippen molar-refractivity contribution < 1.29 is 19.1 Å². The van der Waals surface area contributed by atoms with E-state index in [1.165, 1.54) is 6.92 Å². The zero-order valence-electron chi connectivity index (χ0n) is 13.9. The molecule has 1 aliphatic rings. The van der Waals surface area contributed by atoms with Crippen LogP contribution in [-0.2, 0) is 14.3 Å². The Hall–Kier alpha value is -2.82. The first-order valence-electron chi connectivity index (χ1n) is 7.72. The molecule has 0 aliphatic carbocycles. The van der Waals surface area contributed by atoms with Crippen LogP contribution in [-0.4, -0.2) is 25.1 Å². The molecule has 5 nitrogen and oxygen atoms in total. The van der Waals surface area contributed by atoms with Crippen LogP contribution >= 0.6 is 0 Å². The highest BCUT2D eigenvalue weighted by molar-refractivity contribution is 6.06. The Bertz CT molecular complexity index is 752. The highest BCUT2D eigenvalue weighted by Crippen LogP contribution is 2.41. The van der Waals surface area contributed by atoms with Crippen molar-refractivity contribution in [3.63, 3.8) is 0 Å². The van der Waals surface area contributed by atoms with Gasteiger partial charge >= 0.3 is 5.97 Å². The minimum absolute atomic E-state index is 0.221. The standard InChI is InChI=1S/C19H19NO4/c1-12-4-6-14(7-5-12)17-18(24-13(2)21)19(22)20(17)15-8-10-16(23-3)11-9-15/h4-11,17-18H,1-3H3/t17-,18+/m1/s1. The van der Waals surface area contributed by atoms with Crippen LogP contribution in [0.1, 0.15) is 24.1 Å². The second-order valence-electron chi connectivity index (χ2n) is 5.79. The summed E-state index contributed by atoms with van der Waals surface area (Å²) in [7, 11) is 1.59. The second kappa shape index (κ2) is 6.35. The van der Waals surface area contributed by atoms with Crippen molar-refractivity contribution in [2.24, 2.45) is 0 Å². The normalized spacial score (nSPS) is 19.6. The van der Waals surface area contributed by atoms with E-state index in [-0.39, 0.29) is 11.9 Å². The van der Waals surface area contributed by atoms with Crippen molar-refractivity contribution >= 4 is 17.6 Å². The van der Waals surface area contributed by atoms with E-state index in [1.54, 1.807) is 24.1 Å². The maximum absolute atomic E-state index is 12.5. The van der Waals surface area contributed by atoms with Gasteiger partial charge in [-0.2, -0.15) is 0 Å². The van der Waals surface area contributed by atoms with E-state index in [2.05, 4.69) is 0 Å². The number of β-lactam (4-membered cyclic amide) rings is 1. The monoisotopic (exact) mass is 325 g/mol. The summed E-state index contributed by atoms with van der Waals surface area (Å²) in [4.78, 5) is 25.5. The van der Waals surface area contributed by atoms with Gasteiger partial charge in [0.25, 0.3) is 5.91 Å². The minimum atomic E-state index is -0.785. The van der Waals surface area contributed by atoms with E-state index in [4.69, 9.17) is 9.47 Å². The van der Waals surface area contributed by atoms with Crippen molar-refractivity contribution in [2.45, 2.75) is 26.0 Å². The summed E-state index contributed by atoms with van der Waals surface area (Å²) in [5.41, 5.74) is 2.81. The van der Waals surface area contributed by atoms with Crippen LogP contribution in [0.15, 0.2) is 48.5 Å².